The lowest BCUT2D eigenvalue weighted by molar-refractivity contribution is -0.142. The quantitative estimate of drug-likeness (QED) is 0.534. The van der Waals surface area contributed by atoms with Crippen LogP contribution in [0.5, 0.6) is 0 Å². The molecule has 1 heterocycles. The van der Waals surface area contributed by atoms with Crippen LogP contribution in [-0.2, 0) is 25.5 Å². The molecule has 0 saturated heterocycles. The van der Waals surface area contributed by atoms with Crippen molar-refractivity contribution in [2.45, 2.75) is 27.2 Å². The molecule has 2 rings (SSSR count). The highest BCUT2D eigenvalue weighted by molar-refractivity contribution is 7.16. The Kier molecular flexibility index (Phi) is 7.95. The van der Waals surface area contributed by atoms with Crippen molar-refractivity contribution in [2.24, 2.45) is 0 Å². The number of carbonyl (C=O) groups excluding carboxylic acids is 3. The number of esters is 2. The molecule has 7 heteroatoms. The third kappa shape index (κ3) is 6.35. The van der Waals surface area contributed by atoms with E-state index in [2.05, 4.69) is 5.32 Å². The molecule has 1 N–H and O–H groups in total. The molecule has 2 aromatic rings. The SMILES string of the molecule is CCOC(=O)c1cc(CC)sc1NC(=O)COC(=O)/C=C/c1ccc(C)cc1. The smallest absolute Gasteiger partial charge is 0.341 e. The summed E-state index contributed by atoms with van der Waals surface area (Å²) >= 11 is 1.30. The van der Waals surface area contributed by atoms with E-state index in [9.17, 15) is 14.4 Å². The summed E-state index contributed by atoms with van der Waals surface area (Å²) in [7, 11) is 0. The maximum absolute atomic E-state index is 12.1. The van der Waals surface area contributed by atoms with E-state index >= 15 is 0 Å². The lowest BCUT2D eigenvalue weighted by atomic mass is 10.1. The molecule has 28 heavy (non-hydrogen) atoms. The van der Waals surface area contributed by atoms with Gasteiger partial charge in [0.2, 0.25) is 0 Å². The van der Waals surface area contributed by atoms with Crippen LogP contribution in [0.2, 0.25) is 0 Å². The minimum atomic E-state index is -0.623. The fourth-order valence-electron chi connectivity index (χ4n) is 2.26. The molecule has 1 amide bonds. The normalized spacial score (nSPS) is 10.7. The average Bonchev–Trinajstić information content (AvgIpc) is 3.09. The van der Waals surface area contributed by atoms with Gasteiger partial charge in [-0.1, -0.05) is 36.8 Å². The Labute approximate surface area is 168 Å². The minimum absolute atomic E-state index is 0.244. The number of ether oxygens (including phenoxy) is 2. The number of aryl methyl sites for hydroxylation is 2. The van der Waals surface area contributed by atoms with Crippen LogP contribution in [0.3, 0.4) is 0 Å². The molecule has 0 aliphatic carbocycles. The fraction of sp³-hybridized carbons (Fsp3) is 0.286. The van der Waals surface area contributed by atoms with Gasteiger partial charge in [0, 0.05) is 11.0 Å². The Morgan fingerprint density at radius 2 is 1.82 bits per heavy atom. The van der Waals surface area contributed by atoms with E-state index in [-0.39, 0.29) is 6.61 Å². The number of rotatable bonds is 8. The van der Waals surface area contributed by atoms with Gasteiger partial charge in [0.25, 0.3) is 5.91 Å². The Morgan fingerprint density at radius 1 is 1.11 bits per heavy atom. The van der Waals surface area contributed by atoms with Crippen molar-refractivity contribution in [3.8, 4) is 0 Å². The highest BCUT2D eigenvalue weighted by Gasteiger charge is 2.19. The van der Waals surface area contributed by atoms with Crippen molar-refractivity contribution < 1.29 is 23.9 Å². The van der Waals surface area contributed by atoms with E-state index in [1.165, 1.54) is 17.4 Å². The molecule has 0 fully saturated rings. The maximum Gasteiger partial charge on any atom is 0.341 e. The summed E-state index contributed by atoms with van der Waals surface area (Å²) in [6.45, 7) is 5.44. The van der Waals surface area contributed by atoms with Gasteiger partial charge in [0.05, 0.1) is 12.2 Å². The number of thiophene rings is 1. The molecule has 0 saturated carbocycles. The number of amides is 1. The second-order valence-corrected chi connectivity index (χ2v) is 7.07. The van der Waals surface area contributed by atoms with Gasteiger partial charge in [-0.15, -0.1) is 11.3 Å². The van der Waals surface area contributed by atoms with Crippen LogP contribution >= 0.6 is 11.3 Å². The van der Waals surface area contributed by atoms with E-state index < -0.39 is 24.5 Å². The van der Waals surface area contributed by atoms with Gasteiger partial charge in [-0.25, -0.2) is 9.59 Å². The summed E-state index contributed by atoms with van der Waals surface area (Å²) in [6.07, 6.45) is 3.61. The maximum atomic E-state index is 12.1. The molecule has 0 unspecified atom stereocenters. The van der Waals surface area contributed by atoms with Crippen LogP contribution in [0.4, 0.5) is 5.00 Å². The predicted molar refractivity (Wildman–Crippen MR) is 109 cm³/mol. The van der Waals surface area contributed by atoms with Crippen molar-refractivity contribution >= 4 is 40.3 Å². The zero-order chi connectivity index (χ0) is 20.5. The van der Waals surface area contributed by atoms with Crippen molar-refractivity contribution in [1.29, 1.82) is 0 Å². The third-order valence-corrected chi connectivity index (χ3v) is 4.91. The van der Waals surface area contributed by atoms with Gasteiger partial charge in [0.15, 0.2) is 6.61 Å². The van der Waals surface area contributed by atoms with Crippen LogP contribution in [0.15, 0.2) is 36.4 Å². The number of nitrogens with one attached hydrogen (secondary N) is 1. The van der Waals surface area contributed by atoms with Crippen LogP contribution in [-0.4, -0.2) is 31.1 Å². The van der Waals surface area contributed by atoms with E-state index in [1.807, 2.05) is 38.1 Å². The fourth-order valence-corrected chi connectivity index (χ4v) is 3.26. The van der Waals surface area contributed by atoms with Crippen molar-refractivity contribution in [2.75, 3.05) is 18.5 Å². The van der Waals surface area contributed by atoms with E-state index in [0.29, 0.717) is 10.6 Å². The second-order valence-electron chi connectivity index (χ2n) is 5.93. The standard InChI is InChI=1S/C21H23NO5S/c1-4-16-12-17(21(25)26-5-2)20(28-16)22-18(23)13-27-19(24)11-10-15-8-6-14(3)7-9-15/h6-12H,4-5,13H2,1-3H3,(H,22,23)/b11-10+. The van der Waals surface area contributed by atoms with Crippen LogP contribution in [0.1, 0.15) is 40.2 Å². The number of hydrogen-bond donors (Lipinski definition) is 1. The molecule has 1 aromatic carbocycles. The lowest BCUT2D eigenvalue weighted by Crippen LogP contribution is -2.20. The monoisotopic (exact) mass is 401 g/mol. The van der Waals surface area contributed by atoms with Gasteiger partial charge < -0.3 is 14.8 Å². The molecule has 6 nitrogen and oxygen atoms in total. The largest absolute Gasteiger partial charge is 0.462 e. The first kappa shape index (κ1) is 21.4. The van der Waals surface area contributed by atoms with E-state index in [4.69, 9.17) is 9.47 Å². The van der Waals surface area contributed by atoms with Crippen LogP contribution < -0.4 is 5.32 Å². The first-order valence-electron chi connectivity index (χ1n) is 8.94. The highest BCUT2D eigenvalue weighted by Crippen LogP contribution is 2.29. The third-order valence-electron chi connectivity index (χ3n) is 3.71. The topological polar surface area (TPSA) is 81.7 Å². The number of anilines is 1. The molecular formula is C21H23NO5S. The summed E-state index contributed by atoms with van der Waals surface area (Å²) in [5, 5.41) is 3.01. The predicted octanol–water partition coefficient (Wildman–Crippen LogP) is 3.99. The average molecular weight is 401 g/mol. The Hall–Kier alpha value is -2.93. The zero-order valence-electron chi connectivity index (χ0n) is 16.1. The number of carbonyl (C=O) groups is 3. The molecule has 0 atom stereocenters. The first-order chi connectivity index (χ1) is 13.4. The van der Waals surface area contributed by atoms with Gasteiger partial charge in [-0.2, -0.15) is 0 Å². The summed E-state index contributed by atoms with van der Waals surface area (Å²) in [6, 6.07) is 9.33. The lowest BCUT2D eigenvalue weighted by Gasteiger charge is -2.06. The summed E-state index contributed by atoms with van der Waals surface area (Å²) in [5.74, 6) is -1.64. The molecular weight excluding hydrogens is 378 g/mol. The molecule has 0 radical (unpaired) electrons. The van der Waals surface area contributed by atoms with Crippen molar-refractivity contribution in [1.82, 2.24) is 0 Å². The molecule has 0 spiro atoms. The molecule has 0 bridgehead atoms. The molecule has 148 valence electrons. The first-order valence-corrected chi connectivity index (χ1v) is 9.75. The zero-order valence-corrected chi connectivity index (χ0v) is 16.9. The van der Waals surface area contributed by atoms with Gasteiger partial charge in [-0.05, 0) is 38.0 Å². The molecule has 0 aliphatic rings. The minimum Gasteiger partial charge on any atom is -0.462 e. The van der Waals surface area contributed by atoms with Gasteiger partial charge >= 0.3 is 11.9 Å². The van der Waals surface area contributed by atoms with E-state index in [1.54, 1.807) is 19.1 Å². The Bertz CT molecular complexity index is 867. The van der Waals surface area contributed by atoms with Gasteiger partial charge in [-0.3, -0.25) is 4.79 Å². The molecule has 1 aromatic heterocycles. The molecule has 0 aliphatic heterocycles. The van der Waals surface area contributed by atoms with Gasteiger partial charge in [0.1, 0.15) is 5.00 Å². The number of benzene rings is 1. The van der Waals surface area contributed by atoms with Crippen molar-refractivity contribution in [3.63, 3.8) is 0 Å². The Morgan fingerprint density at radius 3 is 2.46 bits per heavy atom. The van der Waals surface area contributed by atoms with E-state index in [0.717, 1.165) is 22.4 Å². The van der Waals surface area contributed by atoms with Crippen LogP contribution in [0.25, 0.3) is 6.08 Å². The highest BCUT2D eigenvalue weighted by atomic mass is 32.1. The summed E-state index contributed by atoms with van der Waals surface area (Å²) in [5.41, 5.74) is 2.29. The van der Waals surface area contributed by atoms with Crippen molar-refractivity contribution in [3.05, 3.63) is 58.0 Å². The summed E-state index contributed by atoms with van der Waals surface area (Å²) < 4.78 is 9.96. The summed E-state index contributed by atoms with van der Waals surface area (Å²) in [4.78, 5) is 36.9. The number of hydrogen-bond acceptors (Lipinski definition) is 6. The second kappa shape index (κ2) is 10.4. The Balaban J connectivity index is 1.91. The van der Waals surface area contributed by atoms with Crippen LogP contribution in [0, 0.1) is 6.92 Å².